The SMILES string of the molecule is O=C(Cc1ccc(Cl)cc1)Nc1ccc(CCCl)cc1. The van der Waals surface area contributed by atoms with Crippen molar-refractivity contribution in [1.29, 1.82) is 0 Å². The summed E-state index contributed by atoms with van der Waals surface area (Å²) in [6.45, 7) is 0. The second kappa shape index (κ2) is 7.32. The number of benzene rings is 2. The number of rotatable bonds is 5. The van der Waals surface area contributed by atoms with Gasteiger partial charge in [-0.05, 0) is 41.8 Å². The third-order valence-electron chi connectivity index (χ3n) is 2.90. The molecule has 0 bridgehead atoms. The fourth-order valence-electron chi connectivity index (χ4n) is 1.86. The third-order valence-corrected chi connectivity index (χ3v) is 3.34. The van der Waals surface area contributed by atoms with Crippen LogP contribution in [0.4, 0.5) is 5.69 Å². The fourth-order valence-corrected chi connectivity index (χ4v) is 2.20. The second-order valence-corrected chi connectivity index (χ2v) is 5.30. The highest BCUT2D eigenvalue weighted by Crippen LogP contribution is 2.13. The normalized spacial score (nSPS) is 10.3. The Morgan fingerprint density at radius 1 is 0.950 bits per heavy atom. The Bertz CT molecular complexity index is 564. The highest BCUT2D eigenvalue weighted by Gasteiger charge is 2.04. The number of aryl methyl sites for hydroxylation is 1. The maximum atomic E-state index is 11.9. The number of alkyl halides is 1. The molecule has 2 aromatic carbocycles. The number of anilines is 1. The lowest BCUT2D eigenvalue weighted by Crippen LogP contribution is -2.14. The van der Waals surface area contributed by atoms with E-state index < -0.39 is 0 Å². The lowest BCUT2D eigenvalue weighted by Gasteiger charge is -2.06. The molecule has 2 nitrogen and oxygen atoms in total. The molecule has 4 heteroatoms. The van der Waals surface area contributed by atoms with E-state index in [9.17, 15) is 4.79 Å². The predicted octanol–water partition coefficient (Wildman–Crippen LogP) is 4.30. The average molecular weight is 308 g/mol. The van der Waals surface area contributed by atoms with Gasteiger partial charge in [0.25, 0.3) is 0 Å². The van der Waals surface area contributed by atoms with E-state index in [1.165, 1.54) is 0 Å². The molecule has 20 heavy (non-hydrogen) atoms. The number of hydrogen-bond donors (Lipinski definition) is 1. The minimum absolute atomic E-state index is 0.0441. The highest BCUT2D eigenvalue weighted by atomic mass is 35.5. The molecule has 0 fully saturated rings. The number of carbonyl (C=O) groups is 1. The molecule has 0 heterocycles. The fraction of sp³-hybridized carbons (Fsp3) is 0.188. The van der Waals surface area contributed by atoms with E-state index in [4.69, 9.17) is 23.2 Å². The van der Waals surface area contributed by atoms with Crippen LogP contribution in [0.5, 0.6) is 0 Å². The lowest BCUT2D eigenvalue weighted by molar-refractivity contribution is -0.115. The van der Waals surface area contributed by atoms with Gasteiger partial charge in [0, 0.05) is 16.6 Å². The second-order valence-electron chi connectivity index (χ2n) is 4.49. The molecule has 0 atom stereocenters. The number of carbonyl (C=O) groups excluding carboxylic acids is 1. The van der Waals surface area contributed by atoms with Gasteiger partial charge in [-0.25, -0.2) is 0 Å². The molecule has 2 aromatic rings. The van der Waals surface area contributed by atoms with Gasteiger partial charge in [-0.2, -0.15) is 0 Å². The van der Waals surface area contributed by atoms with Crippen LogP contribution in [0.3, 0.4) is 0 Å². The van der Waals surface area contributed by atoms with Gasteiger partial charge in [-0.15, -0.1) is 11.6 Å². The van der Waals surface area contributed by atoms with E-state index in [1.807, 2.05) is 36.4 Å². The van der Waals surface area contributed by atoms with Crippen LogP contribution < -0.4 is 5.32 Å². The molecular formula is C16H15Cl2NO. The number of halogens is 2. The lowest BCUT2D eigenvalue weighted by atomic mass is 10.1. The first kappa shape index (κ1) is 14.9. The Morgan fingerprint density at radius 2 is 1.55 bits per heavy atom. The van der Waals surface area contributed by atoms with Gasteiger partial charge in [0.05, 0.1) is 6.42 Å². The van der Waals surface area contributed by atoms with Crippen molar-refractivity contribution in [1.82, 2.24) is 0 Å². The van der Waals surface area contributed by atoms with Gasteiger partial charge in [0.2, 0.25) is 5.91 Å². The van der Waals surface area contributed by atoms with Crippen molar-refractivity contribution in [3.8, 4) is 0 Å². The predicted molar refractivity (Wildman–Crippen MR) is 84.7 cm³/mol. The molecule has 0 radical (unpaired) electrons. The quantitative estimate of drug-likeness (QED) is 0.820. The minimum atomic E-state index is -0.0441. The zero-order chi connectivity index (χ0) is 14.4. The first-order valence-electron chi connectivity index (χ1n) is 6.36. The molecule has 104 valence electrons. The Morgan fingerprint density at radius 3 is 2.15 bits per heavy atom. The molecule has 0 aliphatic rings. The van der Waals surface area contributed by atoms with Gasteiger partial charge in [0.1, 0.15) is 0 Å². The summed E-state index contributed by atoms with van der Waals surface area (Å²) in [4.78, 5) is 11.9. The molecule has 0 aliphatic carbocycles. The smallest absolute Gasteiger partial charge is 0.228 e. The summed E-state index contributed by atoms with van der Waals surface area (Å²) < 4.78 is 0. The zero-order valence-corrected chi connectivity index (χ0v) is 12.4. The molecule has 0 spiro atoms. The number of hydrogen-bond acceptors (Lipinski definition) is 1. The van der Waals surface area contributed by atoms with Gasteiger partial charge in [0.15, 0.2) is 0 Å². The molecule has 0 unspecified atom stereocenters. The molecule has 1 amide bonds. The van der Waals surface area contributed by atoms with Crippen LogP contribution in [0.15, 0.2) is 48.5 Å². The zero-order valence-electron chi connectivity index (χ0n) is 10.9. The average Bonchev–Trinajstić information content (AvgIpc) is 2.44. The maximum absolute atomic E-state index is 11.9. The Kier molecular flexibility index (Phi) is 5.45. The van der Waals surface area contributed by atoms with Gasteiger partial charge in [-0.1, -0.05) is 35.9 Å². The maximum Gasteiger partial charge on any atom is 0.228 e. The summed E-state index contributed by atoms with van der Waals surface area (Å²) in [5.74, 6) is 0.555. The van der Waals surface area contributed by atoms with E-state index in [-0.39, 0.29) is 5.91 Å². The van der Waals surface area contributed by atoms with E-state index in [1.54, 1.807) is 12.1 Å². The van der Waals surface area contributed by atoms with Gasteiger partial charge < -0.3 is 5.32 Å². The molecule has 0 aromatic heterocycles. The van der Waals surface area contributed by atoms with Crippen LogP contribution in [0.1, 0.15) is 11.1 Å². The Balaban J connectivity index is 1.92. The molecule has 2 rings (SSSR count). The van der Waals surface area contributed by atoms with Gasteiger partial charge >= 0.3 is 0 Å². The summed E-state index contributed by atoms with van der Waals surface area (Å²) in [6, 6.07) is 15.0. The van der Waals surface area contributed by atoms with Crippen LogP contribution in [0.25, 0.3) is 0 Å². The molecule has 1 N–H and O–H groups in total. The number of amides is 1. The summed E-state index contributed by atoms with van der Waals surface area (Å²) in [7, 11) is 0. The first-order valence-corrected chi connectivity index (χ1v) is 7.28. The van der Waals surface area contributed by atoms with Crippen molar-refractivity contribution < 1.29 is 4.79 Å². The van der Waals surface area contributed by atoms with Crippen molar-refractivity contribution in [3.63, 3.8) is 0 Å². The summed E-state index contributed by atoms with van der Waals surface area (Å²) in [5, 5.41) is 3.54. The Labute approximate surface area is 128 Å². The Hall–Kier alpha value is -1.51. The first-order chi connectivity index (χ1) is 9.67. The van der Waals surface area contributed by atoms with Crippen molar-refractivity contribution in [2.75, 3.05) is 11.2 Å². The van der Waals surface area contributed by atoms with Crippen molar-refractivity contribution >= 4 is 34.8 Å². The number of nitrogens with one attached hydrogen (secondary N) is 1. The van der Waals surface area contributed by atoms with Crippen LogP contribution in [0.2, 0.25) is 5.02 Å². The largest absolute Gasteiger partial charge is 0.326 e. The van der Waals surface area contributed by atoms with Crippen molar-refractivity contribution in [2.24, 2.45) is 0 Å². The topological polar surface area (TPSA) is 29.1 Å². The standard InChI is InChI=1S/C16H15Cl2NO/c17-10-9-12-3-7-15(8-4-12)19-16(20)11-13-1-5-14(18)6-2-13/h1-8H,9-11H2,(H,19,20). The third kappa shape index (κ3) is 4.55. The molecule has 0 aliphatic heterocycles. The van der Waals surface area contributed by atoms with E-state index in [0.717, 1.165) is 23.2 Å². The summed E-state index contributed by atoms with van der Waals surface area (Å²) in [5.41, 5.74) is 2.89. The molecule has 0 saturated heterocycles. The van der Waals surface area contributed by atoms with Crippen molar-refractivity contribution in [3.05, 3.63) is 64.7 Å². The van der Waals surface area contributed by atoms with E-state index in [0.29, 0.717) is 17.3 Å². The van der Waals surface area contributed by atoms with E-state index in [2.05, 4.69) is 5.32 Å². The molecule has 0 saturated carbocycles. The van der Waals surface area contributed by atoms with E-state index >= 15 is 0 Å². The van der Waals surface area contributed by atoms with Crippen LogP contribution >= 0.6 is 23.2 Å². The highest BCUT2D eigenvalue weighted by molar-refractivity contribution is 6.30. The van der Waals surface area contributed by atoms with Crippen molar-refractivity contribution in [2.45, 2.75) is 12.8 Å². The summed E-state index contributed by atoms with van der Waals surface area (Å²) >= 11 is 11.5. The van der Waals surface area contributed by atoms with Crippen LogP contribution in [0, 0.1) is 0 Å². The van der Waals surface area contributed by atoms with Crippen LogP contribution in [-0.4, -0.2) is 11.8 Å². The molecular weight excluding hydrogens is 293 g/mol. The minimum Gasteiger partial charge on any atom is -0.326 e. The van der Waals surface area contributed by atoms with Gasteiger partial charge in [-0.3, -0.25) is 4.79 Å². The monoisotopic (exact) mass is 307 g/mol. The van der Waals surface area contributed by atoms with Crippen LogP contribution in [-0.2, 0) is 17.6 Å². The summed E-state index contributed by atoms with van der Waals surface area (Å²) in [6.07, 6.45) is 1.17.